The van der Waals surface area contributed by atoms with Crippen molar-refractivity contribution in [3.63, 3.8) is 0 Å². The number of aromatic nitrogens is 1. The lowest BCUT2D eigenvalue weighted by Gasteiger charge is -2.21. The predicted octanol–water partition coefficient (Wildman–Crippen LogP) is 4.17. The van der Waals surface area contributed by atoms with Crippen molar-refractivity contribution in [2.75, 3.05) is 33.3 Å². The number of alkyl halides is 3. The predicted molar refractivity (Wildman–Crippen MR) is 109 cm³/mol. The van der Waals surface area contributed by atoms with E-state index in [2.05, 4.69) is 32.3 Å². The normalized spacial score (nSPS) is 17.6. The number of hydrogen-bond acceptors (Lipinski definition) is 4. The van der Waals surface area contributed by atoms with E-state index in [4.69, 9.17) is 4.74 Å². The zero-order valence-corrected chi connectivity index (χ0v) is 17.3. The van der Waals surface area contributed by atoms with Gasteiger partial charge in [-0.2, -0.15) is 13.2 Å². The number of likely N-dealkylation sites (tertiary alicyclic amines) is 1. The van der Waals surface area contributed by atoms with E-state index >= 15 is 0 Å². The lowest BCUT2D eigenvalue weighted by molar-refractivity contribution is -0.140. The molecule has 1 aliphatic heterocycles. The Labute approximate surface area is 172 Å². The molecule has 0 spiro atoms. The molecule has 2 aromatic rings. The van der Waals surface area contributed by atoms with Crippen molar-refractivity contribution in [1.82, 2.24) is 15.2 Å². The minimum Gasteiger partial charge on any atom is -0.497 e. The van der Waals surface area contributed by atoms with Gasteiger partial charge >= 0.3 is 6.18 Å². The van der Waals surface area contributed by atoms with Crippen LogP contribution in [-0.2, 0) is 12.6 Å². The number of ether oxygens (including phenoxy) is 1. The minimum absolute atomic E-state index is 0.394. The van der Waals surface area contributed by atoms with Gasteiger partial charge < -0.3 is 15.0 Å². The minimum atomic E-state index is -4.39. The quantitative estimate of drug-likeness (QED) is 0.557. The molecule has 1 unspecified atom stereocenters. The van der Waals surface area contributed by atoms with E-state index < -0.39 is 11.9 Å². The Kier molecular flexibility index (Phi) is 7.00. The summed E-state index contributed by atoms with van der Waals surface area (Å²) in [4.78, 5) is 10.5. The molecule has 1 aliphatic rings. The zero-order valence-electron chi connectivity index (χ0n) is 16.5. The van der Waals surface area contributed by atoms with Crippen molar-refractivity contribution < 1.29 is 17.9 Å². The molecule has 1 saturated heterocycles. The summed E-state index contributed by atoms with van der Waals surface area (Å²) in [5, 5.41) is 4.80. The van der Waals surface area contributed by atoms with Crippen LogP contribution in [-0.4, -0.2) is 49.1 Å². The highest BCUT2D eigenvalue weighted by molar-refractivity contribution is 7.09. The second-order valence-corrected chi connectivity index (χ2v) is 7.76. The van der Waals surface area contributed by atoms with Gasteiger partial charge in [0, 0.05) is 43.9 Å². The van der Waals surface area contributed by atoms with Gasteiger partial charge in [-0.3, -0.25) is 4.99 Å². The average Bonchev–Trinajstić information content (AvgIpc) is 3.37. The summed E-state index contributed by atoms with van der Waals surface area (Å²) in [6.45, 7) is 4.88. The van der Waals surface area contributed by atoms with Gasteiger partial charge in [-0.05, 0) is 31.0 Å². The zero-order chi connectivity index (χ0) is 20.9. The summed E-state index contributed by atoms with van der Waals surface area (Å²) in [6.07, 6.45) is -2.97. The molecule has 1 aromatic carbocycles. The summed E-state index contributed by atoms with van der Waals surface area (Å²) in [6, 6.07) is 8.14. The Morgan fingerprint density at radius 1 is 1.34 bits per heavy atom. The molecule has 1 atom stereocenters. The topological polar surface area (TPSA) is 49.8 Å². The monoisotopic (exact) mass is 426 g/mol. The summed E-state index contributed by atoms with van der Waals surface area (Å²) in [5.41, 5.74) is 0.446. The fourth-order valence-electron chi connectivity index (χ4n) is 3.34. The molecule has 0 saturated carbocycles. The van der Waals surface area contributed by atoms with Gasteiger partial charge in [0.25, 0.3) is 0 Å². The number of thiazole rings is 1. The molecule has 29 heavy (non-hydrogen) atoms. The molecule has 1 aromatic heterocycles. The van der Waals surface area contributed by atoms with E-state index in [1.54, 1.807) is 7.11 Å². The standard InChI is InChI=1S/C20H25F3N4OS/c1-3-24-19(25-10-8-18-26-17(13-29-18)20(21,22)23)27-11-9-15(12-27)14-4-6-16(28-2)7-5-14/h4-7,13,15H,3,8-12H2,1-2H3,(H,24,25). The highest BCUT2D eigenvalue weighted by Crippen LogP contribution is 2.30. The average molecular weight is 427 g/mol. The van der Waals surface area contributed by atoms with E-state index in [9.17, 15) is 13.2 Å². The summed E-state index contributed by atoms with van der Waals surface area (Å²) < 4.78 is 43.2. The number of benzene rings is 1. The van der Waals surface area contributed by atoms with Crippen LogP contribution in [0.25, 0.3) is 0 Å². The van der Waals surface area contributed by atoms with Crippen LogP contribution in [0, 0.1) is 0 Å². The number of methoxy groups -OCH3 is 1. The van der Waals surface area contributed by atoms with E-state index in [0.717, 1.165) is 54.5 Å². The first-order valence-electron chi connectivity index (χ1n) is 9.59. The second kappa shape index (κ2) is 9.47. The van der Waals surface area contributed by atoms with Crippen LogP contribution >= 0.6 is 11.3 Å². The number of rotatable bonds is 6. The summed E-state index contributed by atoms with van der Waals surface area (Å²) in [7, 11) is 1.65. The first kappa shape index (κ1) is 21.4. The Bertz CT molecular complexity index is 820. The molecule has 1 fully saturated rings. The van der Waals surface area contributed by atoms with E-state index in [1.807, 2.05) is 19.1 Å². The van der Waals surface area contributed by atoms with Crippen molar-refractivity contribution in [3.05, 3.63) is 45.9 Å². The maximum atomic E-state index is 12.7. The highest BCUT2D eigenvalue weighted by atomic mass is 32.1. The lowest BCUT2D eigenvalue weighted by Crippen LogP contribution is -2.40. The first-order chi connectivity index (χ1) is 13.9. The van der Waals surface area contributed by atoms with Gasteiger partial charge in [-0.15, -0.1) is 11.3 Å². The largest absolute Gasteiger partial charge is 0.497 e. The van der Waals surface area contributed by atoms with Crippen molar-refractivity contribution in [2.24, 2.45) is 4.99 Å². The van der Waals surface area contributed by atoms with Crippen LogP contribution in [0.2, 0.25) is 0 Å². The molecule has 0 bridgehead atoms. The van der Waals surface area contributed by atoms with Gasteiger partial charge in [0.1, 0.15) is 5.75 Å². The molecule has 0 amide bonds. The Morgan fingerprint density at radius 2 is 2.10 bits per heavy atom. The fraction of sp³-hybridized carbons (Fsp3) is 0.500. The molecule has 0 aliphatic carbocycles. The van der Waals surface area contributed by atoms with Crippen molar-refractivity contribution in [1.29, 1.82) is 0 Å². The maximum Gasteiger partial charge on any atom is 0.434 e. The van der Waals surface area contributed by atoms with Crippen LogP contribution in [0.1, 0.15) is 35.5 Å². The van der Waals surface area contributed by atoms with E-state index in [-0.39, 0.29) is 0 Å². The van der Waals surface area contributed by atoms with Gasteiger partial charge in [0.2, 0.25) is 0 Å². The Hall–Kier alpha value is -2.29. The van der Waals surface area contributed by atoms with Gasteiger partial charge in [-0.1, -0.05) is 12.1 Å². The van der Waals surface area contributed by atoms with Crippen molar-refractivity contribution in [3.8, 4) is 5.75 Å². The van der Waals surface area contributed by atoms with E-state index in [1.165, 1.54) is 5.56 Å². The van der Waals surface area contributed by atoms with Crippen molar-refractivity contribution >= 4 is 17.3 Å². The van der Waals surface area contributed by atoms with Gasteiger partial charge in [-0.25, -0.2) is 4.98 Å². The highest BCUT2D eigenvalue weighted by Gasteiger charge is 2.33. The van der Waals surface area contributed by atoms with Crippen LogP contribution < -0.4 is 10.1 Å². The molecular weight excluding hydrogens is 401 g/mol. The molecule has 0 radical (unpaired) electrons. The number of aliphatic imine (C=N–C) groups is 1. The Balaban J connectivity index is 1.59. The number of halogens is 3. The van der Waals surface area contributed by atoms with Crippen molar-refractivity contribution in [2.45, 2.75) is 31.9 Å². The third kappa shape index (κ3) is 5.62. The first-order valence-corrected chi connectivity index (χ1v) is 10.5. The third-order valence-electron chi connectivity index (χ3n) is 4.84. The molecule has 9 heteroatoms. The number of nitrogens with zero attached hydrogens (tertiary/aromatic N) is 3. The molecule has 2 heterocycles. The molecule has 5 nitrogen and oxygen atoms in total. The number of hydrogen-bond donors (Lipinski definition) is 1. The molecule has 1 N–H and O–H groups in total. The maximum absolute atomic E-state index is 12.7. The smallest absolute Gasteiger partial charge is 0.434 e. The third-order valence-corrected chi connectivity index (χ3v) is 5.75. The van der Waals surface area contributed by atoms with Gasteiger partial charge in [0.05, 0.1) is 12.1 Å². The van der Waals surface area contributed by atoms with Crippen LogP contribution in [0.5, 0.6) is 5.75 Å². The van der Waals surface area contributed by atoms with Crippen LogP contribution in [0.3, 0.4) is 0 Å². The van der Waals surface area contributed by atoms with Crippen LogP contribution in [0.4, 0.5) is 13.2 Å². The second-order valence-electron chi connectivity index (χ2n) is 6.81. The molecule has 3 rings (SSSR count). The SMILES string of the molecule is CCNC(=NCCc1nc(C(F)(F)F)cs1)N1CCC(c2ccc(OC)cc2)C1. The lowest BCUT2D eigenvalue weighted by atomic mass is 9.98. The summed E-state index contributed by atoms with van der Waals surface area (Å²) >= 11 is 1.03. The number of guanidine groups is 1. The summed E-state index contributed by atoms with van der Waals surface area (Å²) in [5.74, 6) is 2.06. The fourth-order valence-corrected chi connectivity index (χ4v) is 4.13. The number of nitrogens with one attached hydrogen (secondary N) is 1. The van der Waals surface area contributed by atoms with E-state index in [0.29, 0.717) is 23.9 Å². The molecular formula is C20H25F3N4OS. The Morgan fingerprint density at radius 3 is 2.72 bits per heavy atom. The molecule has 158 valence electrons. The van der Waals surface area contributed by atoms with Crippen LogP contribution in [0.15, 0.2) is 34.6 Å². The van der Waals surface area contributed by atoms with Gasteiger partial charge in [0.15, 0.2) is 11.7 Å².